The van der Waals surface area contributed by atoms with Crippen LogP contribution in [0.2, 0.25) is 0 Å². The molecule has 5 rings (SSSR count). The van der Waals surface area contributed by atoms with Gasteiger partial charge in [0.05, 0.1) is 19.3 Å². The number of carbonyl (C=O) groups excluding carboxylic acids is 1. The maximum absolute atomic E-state index is 12.7. The van der Waals surface area contributed by atoms with Crippen LogP contribution in [-0.4, -0.2) is 52.1 Å². The molecule has 0 bridgehead atoms. The van der Waals surface area contributed by atoms with Gasteiger partial charge in [0.2, 0.25) is 0 Å². The Hall–Kier alpha value is -3.95. The predicted molar refractivity (Wildman–Crippen MR) is 118 cm³/mol. The van der Waals surface area contributed by atoms with E-state index >= 15 is 0 Å². The van der Waals surface area contributed by atoms with E-state index in [0.717, 1.165) is 0 Å². The molecule has 2 aliphatic rings. The van der Waals surface area contributed by atoms with Gasteiger partial charge in [-0.3, -0.25) is 4.79 Å². The molecule has 0 saturated heterocycles. The molecule has 2 aliphatic heterocycles. The van der Waals surface area contributed by atoms with Crippen LogP contribution in [0.25, 0.3) is 0 Å². The highest BCUT2D eigenvalue weighted by molar-refractivity contribution is 6.03. The fraction of sp³-hybridized carbons (Fsp3) is 0.240. The average molecular weight is 466 g/mol. The largest absolute Gasteiger partial charge is 0.508 e. The second-order valence-electron chi connectivity index (χ2n) is 8.04. The van der Waals surface area contributed by atoms with Crippen molar-refractivity contribution in [2.75, 3.05) is 13.7 Å². The summed E-state index contributed by atoms with van der Waals surface area (Å²) in [6, 6.07) is 13.7. The molecule has 9 heteroatoms. The minimum Gasteiger partial charge on any atom is -0.508 e. The highest BCUT2D eigenvalue weighted by Gasteiger charge is 2.39. The first-order chi connectivity index (χ1) is 16.4. The van der Waals surface area contributed by atoms with Gasteiger partial charge in [0, 0.05) is 5.56 Å². The summed E-state index contributed by atoms with van der Waals surface area (Å²) < 4.78 is 23.1. The molecule has 0 amide bonds. The Morgan fingerprint density at radius 2 is 1.56 bits per heavy atom. The summed E-state index contributed by atoms with van der Waals surface area (Å²) >= 11 is 0. The van der Waals surface area contributed by atoms with Gasteiger partial charge < -0.3 is 39.4 Å². The molecule has 3 aromatic carbocycles. The Morgan fingerprint density at radius 3 is 2.32 bits per heavy atom. The van der Waals surface area contributed by atoms with Crippen molar-refractivity contribution in [3.05, 3.63) is 71.3 Å². The van der Waals surface area contributed by atoms with E-state index in [1.807, 2.05) is 0 Å². The zero-order chi connectivity index (χ0) is 24.0. The van der Waals surface area contributed by atoms with Gasteiger partial charge in [-0.25, -0.2) is 0 Å². The van der Waals surface area contributed by atoms with Crippen molar-refractivity contribution >= 4 is 5.78 Å². The van der Waals surface area contributed by atoms with Gasteiger partial charge in [-0.2, -0.15) is 0 Å². The SMILES string of the molecule is COc1cc(C2Oc3cc(C4Oc5ccc(O)cc5C(=O)C4O)ccc3OC2CO)ccc1O. The van der Waals surface area contributed by atoms with Gasteiger partial charge >= 0.3 is 0 Å². The quantitative estimate of drug-likeness (QED) is 0.458. The molecule has 0 aliphatic carbocycles. The number of Topliss-reactive ketones (excluding diaryl/α,β-unsaturated/α-hetero) is 1. The van der Waals surface area contributed by atoms with E-state index in [0.29, 0.717) is 22.6 Å². The van der Waals surface area contributed by atoms with Crippen LogP contribution in [0.1, 0.15) is 33.7 Å². The molecule has 4 unspecified atom stereocenters. The molecule has 9 nitrogen and oxygen atoms in total. The number of ether oxygens (including phenoxy) is 4. The molecule has 4 N–H and O–H groups in total. The molecule has 3 aromatic rings. The van der Waals surface area contributed by atoms with Gasteiger partial charge in [0.15, 0.2) is 53.2 Å². The summed E-state index contributed by atoms with van der Waals surface area (Å²) in [6.45, 7) is -0.322. The summed E-state index contributed by atoms with van der Waals surface area (Å²) in [5.41, 5.74) is 1.20. The zero-order valence-corrected chi connectivity index (χ0v) is 18.0. The molecular formula is C25H22O9. The molecule has 0 saturated carbocycles. The Kier molecular flexibility index (Phi) is 5.43. The number of carbonyl (C=O) groups is 1. The zero-order valence-electron chi connectivity index (χ0n) is 18.0. The van der Waals surface area contributed by atoms with E-state index in [1.165, 1.54) is 31.4 Å². The second kappa shape index (κ2) is 8.44. The fourth-order valence-corrected chi connectivity index (χ4v) is 4.18. The highest BCUT2D eigenvalue weighted by atomic mass is 16.6. The number of ketones is 1. The molecule has 0 radical (unpaired) electrons. The third kappa shape index (κ3) is 3.64. The Balaban J connectivity index is 1.48. The smallest absolute Gasteiger partial charge is 0.199 e. The molecular weight excluding hydrogens is 444 g/mol. The molecule has 0 spiro atoms. The number of aliphatic hydroxyl groups is 2. The van der Waals surface area contributed by atoms with E-state index in [2.05, 4.69) is 0 Å². The van der Waals surface area contributed by atoms with E-state index in [9.17, 15) is 25.2 Å². The van der Waals surface area contributed by atoms with Crippen LogP contribution in [0.15, 0.2) is 54.6 Å². The molecule has 4 atom stereocenters. The second-order valence-corrected chi connectivity index (χ2v) is 8.04. The minimum atomic E-state index is -1.49. The normalized spacial score (nSPS) is 23.1. The van der Waals surface area contributed by atoms with Gasteiger partial charge in [0.25, 0.3) is 0 Å². The Bertz CT molecular complexity index is 1260. The number of methoxy groups -OCH3 is 1. The van der Waals surface area contributed by atoms with Crippen LogP contribution < -0.4 is 18.9 Å². The van der Waals surface area contributed by atoms with E-state index in [4.69, 9.17) is 18.9 Å². The molecule has 2 heterocycles. The lowest BCUT2D eigenvalue weighted by atomic mass is 9.93. The molecule has 0 aromatic heterocycles. The number of aromatic hydroxyl groups is 2. The van der Waals surface area contributed by atoms with Crippen LogP contribution >= 0.6 is 0 Å². The van der Waals surface area contributed by atoms with Crippen molar-refractivity contribution in [1.82, 2.24) is 0 Å². The molecule has 176 valence electrons. The number of fused-ring (bicyclic) bond motifs is 2. The third-order valence-corrected chi connectivity index (χ3v) is 5.92. The van der Waals surface area contributed by atoms with Crippen LogP contribution in [0, 0.1) is 0 Å². The van der Waals surface area contributed by atoms with Crippen molar-refractivity contribution in [3.8, 4) is 34.5 Å². The summed E-state index contributed by atoms with van der Waals surface area (Å²) in [7, 11) is 1.43. The third-order valence-electron chi connectivity index (χ3n) is 5.92. The van der Waals surface area contributed by atoms with Crippen molar-refractivity contribution in [2.45, 2.75) is 24.4 Å². The predicted octanol–water partition coefficient (Wildman–Crippen LogP) is 2.66. The number of phenolic OH excluding ortho intramolecular Hbond substituents is 2. The first kappa shape index (κ1) is 21.9. The highest BCUT2D eigenvalue weighted by Crippen LogP contribution is 2.44. The lowest BCUT2D eigenvalue weighted by Gasteiger charge is -2.35. The van der Waals surface area contributed by atoms with Gasteiger partial charge in [0.1, 0.15) is 11.5 Å². The number of rotatable bonds is 4. The molecule has 0 fully saturated rings. The van der Waals surface area contributed by atoms with Gasteiger partial charge in [-0.1, -0.05) is 12.1 Å². The van der Waals surface area contributed by atoms with Crippen LogP contribution in [-0.2, 0) is 0 Å². The topological polar surface area (TPSA) is 135 Å². The first-order valence-electron chi connectivity index (χ1n) is 10.6. The average Bonchev–Trinajstić information content (AvgIpc) is 2.85. The number of benzene rings is 3. The molecule has 34 heavy (non-hydrogen) atoms. The fourth-order valence-electron chi connectivity index (χ4n) is 4.18. The van der Waals surface area contributed by atoms with Crippen LogP contribution in [0.4, 0.5) is 0 Å². The standard InChI is InChI=1S/C25H22O9/c1-31-19-8-12(2-5-16(19)28)24-21(11-26)32-18-6-3-13(9-20(18)34-24)25-23(30)22(29)15-10-14(27)4-7-17(15)33-25/h2-10,21,23-28,30H,11H2,1H3. The summed E-state index contributed by atoms with van der Waals surface area (Å²) in [5, 5.41) is 40.1. The van der Waals surface area contributed by atoms with Gasteiger partial charge in [-0.05, 0) is 48.0 Å². The van der Waals surface area contributed by atoms with Crippen LogP contribution in [0.5, 0.6) is 34.5 Å². The number of hydrogen-bond acceptors (Lipinski definition) is 9. The minimum absolute atomic E-state index is 0.0343. The number of phenols is 2. The Morgan fingerprint density at radius 1 is 0.853 bits per heavy atom. The van der Waals surface area contributed by atoms with E-state index in [-0.39, 0.29) is 35.2 Å². The number of hydrogen-bond donors (Lipinski definition) is 4. The van der Waals surface area contributed by atoms with E-state index in [1.54, 1.807) is 30.3 Å². The lowest BCUT2D eigenvalue weighted by molar-refractivity contribution is -0.0130. The monoisotopic (exact) mass is 466 g/mol. The van der Waals surface area contributed by atoms with Crippen molar-refractivity contribution in [3.63, 3.8) is 0 Å². The maximum Gasteiger partial charge on any atom is 0.199 e. The summed E-state index contributed by atoms with van der Waals surface area (Å²) in [5.74, 6) is 0.516. The van der Waals surface area contributed by atoms with Crippen LogP contribution in [0.3, 0.4) is 0 Å². The number of aliphatic hydroxyl groups excluding tert-OH is 2. The van der Waals surface area contributed by atoms with E-state index < -0.39 is 30.2 Å². The first-order valence-corrected chi connectivity index (χ1v) is 10.6. The summed E-state index contributed by atoms with van der Waals surface area (Å²) in [4.78, 5) is 12.7. The Labute approximate surface area is 194 Å². The summed E-state index contributed by atoms with van der Waals surface area (Å²) in [6.07, 6.45) is -3.92. The lowest BCUT2D eigenvalue weighted by Crippen LogP contribution is -2.37. The van der Waals surface area contributed by atoms with Gasteiger partial charge in [-0.15, -0.1) is 0 Å². The van der Waals surface area contributed by atoms with Crippen molar-refractivity contribution in [1.29, 1.82) is 0 Å². The van der Waals surface area contributed by atoms with Crippen molar-refractivity contribution in [2.24, 2.45) is 0 Å². The van der Waals surface area contributed by atoms with Crippen molar-refractivity contribution < 1.29 is 44.2 Å². The maximum atomic E-state index is 12.7.